The molecular formula is C10H12N5O17P4-5. The lowest BCUT2D eigenvalue weighted by atomic mass is 10.1. The van der Waals surface area contributed by atoms with E-state index in [0.29, 0.717) is 0 Å². The van der Waals surface area contributed by atoms with Crippen molar-refractivity contribution in [1.29, 1.82) is 0 Å². The number of aromatic nitrogens is 4. The van der Waals surface area contributed by atoms with Gasteiger partial charge >= 0.3 is 5.56 Å². The Hall–Kier alpha value is -1.41. The molecule has 3 unspecified atom stereocenters. The highest BCUT2D eigenvalue weighted by molar-refractivity contribution is 7.59. The minimum Gasteiger partial charge on any atom is -0.790 e. The number of phosphoric acid groups is 4. The molecule has 3 heterocycles. The largest absolute Gasteiger partial charge is 0.790 e. The van der Waals surface area contributed by atoms with Crippen LogP contribution in [0.25, 0.3) is 11.2 Å². The Kier molecular flexibility index (Phi) is 8.14. The molecule has 3 rings (SSSR count). The standard InChI is InChI=1S/C10H17N5O17P4/c11-10-13-7-4(8(17)14-10)12-2-15(7)9-5(16)6(30-36(26,27)32-34(21,22)23)3(29-9)1-28-35(24,25)31-33(18,19)20/h2-3,5-6,9,16H,1H2,(H,24,25)(H,26,27)(H2,18,19,20)(H2,21,22,23)(H3,11,13,14,17)/p-5/t3-,5-,6-,9-/m1/s1. The Morgan fingerprint density at radius 2 is 1.78 bits per heavy atom. The molecule has 0 bridgehead atoms. The summed E-state index contributed by atoms with van der Waals surface area (Å²) < 4.78 is 66.1. The number of H-pyrrole nitrogens is 1. The van der Waals surface area contributed by atoms with Crippen LogP contribution in [-0.2, 0) is 40.7 Å². The number of imidazole rings is 1. The van der Waals surface area contributed by atoms with E-state index in [1.54, 1.807) is 0 Å². The number of nitrogens with zero attached hydrogens (tertiary/aromatic N) is 3. The van der Waals surface area contributed by atoms with E-state index in [0.717, 1.165) is 10.9 Å². The summed E-state index contributed by atoms with van der Waals surface area (Å²) in [7, 11) is -24.0. The van der Waals surface area contributed by atoms with E-state index in [9.17, 15) is 52.6 Å². The van der Waals surface area contributed by atoms with Crippen molar-refractivity contribution in [3.8, 4) is 0 Å². The number of hydrogen-bond acceptors (Lipinski definition) is 19. The van der Waals surface area contributed by atoms with E-state index < -0.39 is 73.9 Å². The molecule has 1 saturated heterocycles. The molecule has 2 aromatic heterocycles. The third-order valence-electron chi connectivity index (χ3n) is 4.10. The van der Waals surface area contributed by atoms with Crippen molar-refractivity contribution in [3.05, 3.63) is 16.7 Å². The van der Waals surface area contributed by atoms with Crippen LogP contribution >= 0.6 is 31.3 Å². The van der Waals surface area contributed by atoms with E-state index in [4.69, 9.17) is 15.4 Å². The summed E-state index contributed by atoms with van der Waals surface area (Å²) in [6.45, 7) is -1.38. The predicted octanol–water partition coefficient (Wildman–Crippen LogP) is -5.38. The van der Waals surface area contributed by atoms with Crippen molar-refractivity contribution in [3.63, 3.8) is 0 Å². The molecule has 0 saturated carbocycles. The lowest BCUT2D eigenvalue weighted by Crippen LogP contribution is -2.37. The van der Waals surface area contributed by atoms with Gasteiger partial charge in [0.15, 0.2) is 11.7 Å². The fraction of sp³-hybridized carbons (Fsp3) is 0.500. The number of nitrogen functional groups attached to an aromatic ring is 1. The highest BCUT2D eigenvalue weighted by Gasteiger charge is 2.48. The second-order valence-electron chi connectivity index (χ2n) is 6.67. The van der Waals surface area contributed by atoms with Crippen LogP contribution in [0.4, 0.5) is 5.95 Å². The summed E-state index contributed by atoms with van der Waals surface area (Å²) in [5, 5.41) is 10.6. The van der Waals surface area contributed by atoms with Gasteiger partial charge in [-0.3, -0.25) is 27.4 Å². The minimum atomic E-state index is -6.19. The zero-order valence-electron chi connectivity index (χ0n) is 16.8. The van der Waals surface area contributed by atoms with Crippen molar-refractivity contribution >= 4 is 48.4 Å². The van der Waals surface area contributed by atoms with Crippen LogP contribution in [0.15, 0.2) is 11.1 Å². The highest BCUT2D eigenvalue weighted by atomic mass is 31.3. The van der Waals surface area contributed by atoms with Crippen LogP contribution in [0, 0.1) is 0 Å². The molecule has 7 atom stereocenters. The molecule has 2 aromatic rings. The summed E-state index contributed by atoms with van der Waals surface area (Å²) in [5.74, 6) is -0.427. The third-order valence-corrected chi connectivity index (χ3v) is 8.29. The molecule has 1 fully saturated rings. The van der Waals surface area contributed by atoms with Crippen molar-refractivity contribution < 1.29 is 75.1 Å². The second kappa shape index (κ2) is 10.0. The number of hydrogen-bond donors (Lipinski definition) is 4. The summed E-state index contributed by atoms with van der Waals surface area (Å²) in [6.07, 6.45) is -7.43. The monoisotopic (exact) mass is 598 g/mol. The van der Waals surface area contributed by atoms with Gasteiger partial charge in [-0.15, -0.1) is 0 Å². The van der Waals surface area contributed by atoms with E-state index >= 15 is 0 Å². The highest BCUT2D eigenvalue weighted by Crippen LogP contribution is 2.55. The van der Waals surface area contributed by atoms with Crippen LogP contribution in [0.2, 0.25) is 0 Å². The molecule has 0 aliphatic carbocycles. The molecular weight excluding hydrogens is 586 g/mol. The second-order valence-corrected chi connectivity index (χ2v) is 12.1. The van der Waals surface area contributed by atoms with Gasteiger partial charge < -0.3 is 63.5 Å². The average Bonchev–Trinajstić information content (AvgIpc) is 3.18. The van der Waals surface area contributed by atoms with Gasteiger partial charge in [-0.25, -0.2) is 9.29 Å². The number of aliphatic hydroxyl groups is 1. The van der Waals surface area contributed by atoms with E-state index in [1.165, 1.54) is 0 Å². The zero-order chi connectivity index (χ0) is 27.3. The average molecular weight is 598 g/mol. The molecule has 5 N–H and O–H groups in total. The van der Waals surface area contributed by atoms with E-state index in [1.807, 2.05) is 0 Å². The Morgan fingerprint density at radius 3 is 2.36 bits per heavy atom. The summed E-state index contributed by atoms with van der Waals surface area (Å²) >= 11 is 0. The lowest BCUT2D eigenvalue weighted by Gasteiger charge is -2.37. The van der Waals surface area contributed by atoms with Crippen LogP contribution in [0.1, 0.15) is 6.23 Å². The van der Waals surface area contributed by atoms with Crippen molar-refractivity contribution in [2.45, 2.75) is 24.5 Å². The maximum atomic E-state index is 11.9. The van der Waals surface area contributed by atoms with Crippen molar-refractivity contribution in [2.75, 3.05) is 12.3 Å². The molecule has 0 aromatic carbocycles. The van der Waals surface area contributed by atoms with Gasteiger partial charge in [0.1, 0.15) is 24.0 Å². The van der Waals surface area contributed by atoms with Crippen LogP contribution < -0.4 is 35.8 Å². The number of aromatic amines is 1. The number of aliphatic hydroxyl groups excluding tert-OH is 1. The number of rotatable bonds is 10. The van der Waals surface area contributed by atoms with Gasteiger partial charge in [-0.05, 0) is 0 Å². The number of nitrogens with one attached hydrogen (secondary N) is 1. The quantitative estimate of drug-likeness (QED) is 0.185. The van der Waals surface area contributed by atoms with Gasteiger partial charge in [0.05, 0.1) is 20.8 Å². The molecule has 1 aliphatic heterocycles. The van der Waals surface area contributed by atoms with Crippen LogP contribution in [0.3, 0.4) is 0 Å². The molecule has 0 amide bonds. The Balaban J connectivity index is 1.95. The fourth-order valence-corrected chi connectivity index (χ4v) is 6.19. The topological polar surface area (TPSA) is 360 Å². The first-order valence-corrected chi connectivity index (χ1v) is 14.6. The predicted molar refractivity (Wildman–Crippen MR) is 98.1 cm³/mol. The minimum absolute atomic E-state index is 0.243. The normalized spacial score (nSPS) is 28.0. The summed E-state index contributed by atoms with van der Waals surface area (Å²) in [4.78, 5) is 85.3. The molecule has 26 heteroatoms. The van der Waals surface area contributed by atoms with E-state index in [2.05, 4.69) is 32.6 Å². The third kappa shape index (κ3) is 7.33. The van der Waals surface area contributed by atoms with Gasteiger partial charge in [-0.1, -0.05) is 0 Å². The number of fused-ring (bicyclic) bond motifs is 1. The van der Waals surface area contributed by atoms with Gasteiger partial charge in [0, 0.05) is 0 Å². The number of nitrogens with two attached hydrogens (primary N) is 1. The van der Waals surface area contributed by atoms with Crippen molar-refractivity contribution in [1.82, 2.24) is 19.5 Å². The van der Waals surface area contributed by atoms with Gasteiger partial charge in [0.2, 0.25) is 5.95 Å². The maximum absolute atomic E-state index is 11.9. The fourth-order valence-electron chi connectivity index (χ4n) is 2.97. The van der Waals surface area contributed by atoms with Gasteiger partial charge in [0.25, 0.3) is 23.5 Å². The van der Waals surface area contributed by atoms with E-state index in [-0.39, 0.29) is 11.2 Å². The van der Waals surface area contributed by atoms with Crippen molar-refractivity contribution in [2.24, 2.45) is 0 Å². The smallest absolute Gasteiger partial charge is 0.302 e. The lowest BCUT2D eigenvalue weighted by molar-refractivity contribution is -0.340. The summed E-state index contributed by atoms with van der Waals surface area (Å²) in [5.41, 5.74) is 3.92. The molecule has 204 valence electrons. The van der Waals surface area contributed by atoms with Gasteiger partial charge in [-0.2, -0.15) is 4.98 Å². The first-order chi connectivity index (χ1) is 16.3. The molecule has 22 nitrogen and oxygen atoms in total. The molecule has 36 heavy (non-hydrogen) atoms. The Labute approximate surface area is 197 Å². The zero-order valence-corrected chi connectivity index (χ0v) is 20.4. The SMILES string of the molecule is Nc1nc(=O)c2ncn([C@@H]3O[C@H](COP(=O)([O-])OP(=O)([O-])O)[C@@H](OP(=O)([O-])OP(=O)([O-])[O-])[C@H]3O)c2[nH]1. The first kappa shape index (κ1) is 29.2. The number of anilines is 1. The number of phosphoric ester groups is 2. The Morgan fingerprint density at radius 1 is 1.14 bits per heavy atom. The Bertz CT molecular complexity index is 1380. The maximum Gasteiger partial charge on any atom is 0.302 e. The molecule has 0 spiro atoms. The summed E-state index contributed by atoms with van der Waals surface area (Å²) in [6, 6.07) is 0. The molecule has 0 radical (unpaired) electrons. The number of ether oxygens (including phenoxy) is 1. The first-order valence-electron chi connectivity index (χ1n) is 8.76. The molecule has 1 aliphatic rings. The van der Waals surface area contributed by atoms with Crippen LogP contribution in [0.5, 0.6) is 0 Å². The van der Waals surface area contributed by atoms with Crippen LogP contribution in [-0.4, -0.2) is 54.4 Å².